The summed E-state index contributed by atoms with van der Waals surface area (Å²) in [4.78, 5) is 17.2. The molecule has 2 heterocycles. The lowest BCUT2D eigenvalue weighted by Gasteiger charge is -2.42. The zero-order valence-corrected chi connectivity index (χ0v) is 13.8. The Labute approximate surface area is 123 Å². The molecule has 0 aromatic heterocycles. The van der Waals surface area contributed by atoms with E-state index in [0.717, 1.165) is 25.9 Å². The highest BCUT2D eigenvalue weighted by Crippen LogP contribution is 2.28. The van der Waals surface area contributed by atoms with Crippen LogP contribution in [0.15, 0.2) is 0 Å². The van der Waals surface area contributed by atoms with Crippen molar-refractivity contribution in [2.45, 2.75) is 77.0 Å². The van der Waals surface area contributed by atoms with Crippen molar-refractivity contribution in [1.82, 2.24) is 15.1 Å². The van der Waals surface area contributed by atoms with E-state index in [1.807, 2.05) is 7.05 Å². The van der Waals surface area contributed by atoms with Crippen LogP contribution in [0, 0.1) is 0 Å². The van der Waals surface area contributed by atoms with Crippen molar-refractivity contribution in [2.24, 2.45) is 0 Å². The molecule has 0 spiro atoms. The molecule has 3 unspecified atom stereocenters. The molecule has 0 saturated carbocycles. The van der Waals surface area contributed by atoms with E-state index in [2.05, 4.69) is 42.8 Å². The van der Waals surface area contributed by atoms with Gasteiger partial charge < -0.3 is 10.2 Å². The minimum absolute atomic E-state index is 0.0291. The van der Waals surface area contributed by atoms with Crippen molar-refractivity contribution in [2.75, 3.05) is 20.1 Å². The lowest BCUT2D eigenvalue weighted by Crippen LogP contribution is -2.56. The van der Waals surface area contributed by atoms with E-state index >= 15 is 0 Å². The molecule has 2 rings (SSSR count). The van der Waals surface area contributed by atoms with Gasteiger partial charge in [-0.1, -0.05) is 0 Å². The van der Waals surface area contributed by atoms with Crippen molar-refractivity contribution in [3.8, 4) is 0 Å². The van der Waals surface area contributed by atoms with Gasteiger partial charge in [-0.3, -0.25) is 9.69 Å². The second-order valence-corrected chi connectivity index (χ2v) is 7.03. The highest BCUT2D eigenvalue weighted by atomic mass is 16.2. The van der Waals surface area contributed by atoms with Gasteiger partial charge in [0.2, 0.25) is 5.91 Å². The molecule has 3 atom stereocenters. The SMILES string of the molecule is CNC1(C)CCN(C(=O)C(C)N2C(C)CCC2C)CC1. The first kappa shape index (κ1) is 15.8. The molecule has 2 fully saturated rings. The van der Waals surface area contributed by atoms with Gasteiger partial charge in [-0.05, 0) is 60.4 Å². The van der Waals surface area contributed by atoms with E-state index in [0.29, 0.717) is 18.0 Å². The molecular weight excluding hydrogens is 250 g/mol. The standard InChI is InChI=1S/C16H31N3O/c1-12-6-7-13(2)19(12)14(3)15(20)18-10-8-16(4,17-5)9-11-18/h12-14,17H,6-11H2,1-5H3. The molecular formula is C16H31N3O. The summed E-state index contributed by atoms with van der Waals surface area (Å²) in [6.45, 7) is 10.6. The van der Waals surface area contributed by atoms with Gasteiger partial charge in [0.05, 0.1) is 6.04 Å². The van der Waals surface area contributed by atoms with Gasteiger partial charge in [-0.15, -0.1) is 0 Å². The number of carbonyl (C=O) groups excluding carboxylic acids is 1. The minimum atomic E-state index is 0.0291. The third-order valence-corrected chi connectivity index (χ3v) is 5.61. The van der Waals surface area contributed by atoms with Gasteiger partial charge >= 0.3 is 0 Å². The van der Waals surface area contributed by atoms with E-state index < -0.39 is 0 Å². The first-order valence-electron chi connectivity index (χ1n) is 8.13. The molecule has 2 aliphatic heterocycles. The number of rotatable bonds is 3. The molecule has 2 aliphatic rings. The van der Waals surface area contributed by atoms with Gasteiger partial charge in [0.25, 0.3) is 0 Å². The summed E-state index contributed by atoms with van der Waals surface area (Å²) in [6.07, 6.45) is 4.54. The highest BCUT2D eigenvalue weighted by Gasteiger charge is 2.38. The van der Waals surface area contributed by atoms with Gasteiger partial charge in [0.1, 0.15) is 0 Å². The quantitative estimate of drug-likeness (QED) is 0.857. The van der Waals surface area contributed by atoms with Gasteiger partial charge in [-0.2, -0.15) is 0 Å². The fraction of sp³-hybridized carbons (Fsp3) is 0.938. The summed E-state index contributed by atoms with van der Waals surface area (Å²) in [5, 5.41) is 3.39. The molecule has 20 heavy (non-hydrogen) atoms. The molecule has 1 amide bonds. The number of nitrogens with zero attached hydrogens (tertiary/aromatic N) is 2. The molecule has 4 nitrogen and oxygen atoms in total. The first-order valence-corrected chi connectivity index (χ1v) is 8.13. The predicted molar refractivity (Wildman–Crippen MR) is 82.7 cm³/mol. The third kappa shape index (κ3) is 3.01. The van der Waals surface area contributed by atoms with E-state index in [-0.39, 0.29) is 11.6 Å². The lowest BCUT2D eigenvalue weighted by molar-refractivity contribution is -0.139. The Bertz CT molecular complexity index is 340. The van der Waals surface area contributed by atoms with Crippen LogP contribution in [0.2, 0.25) is 0 Å². The van der Waals surface area contributed by atoms with Crippen molar-refractivity contribution in [3.05, 3.63) is 0 Å². The van der Waals surface area contributed by atoms with Gasteiger partial charge in [0, 0.05) is 30.7 Å². The number of likely N-dealkylation sites (tertiary alicyclic amines) is 2. The summed E-state index contributed by atoms with van der Waals surface area (Å²) >= 11 is 0. The molecule has 116 valence electrons. The molecule has 4 heteroatoms. The number of hydrogen-bond donors (Lipinski definition) is 1. The Morgan fingerprint density at radius 2 is 1.70 bits per heavy atom. The van der Waals surface area contributed by atoms with Crippen LogP contribution >= 0.6 is 0 Å². The van der Waals surface area contributed by atoms with Gasteiger partial charge in [-0.25, -0.2) is 0 Å². The van der Waals surface area contributed by atoms with E-state index in [1.54, 1.807) is 0 Å². The Balaban J connectivity index is 1.95. The number of piperidine rings is 1. The van der Waals surface area contributed by atoms with Crippen LogP contribution in [-0.4, -0.2) is 59.5 Å². The maximum Gasteiger partial charge on any atom is 0.239 e. The Kier molecular flexibility index (Phi) is 4.75. The van der Waals surface area contributed by atoms with Crippen LogP contribution in [0.5, 0.6) is 0 Å². The summed E-state index contributed by atoms with van der Waals surface area (Å²) in [7, 11) is 2.02. The molecule has 1 N–H and O–H groups in total. The van der Waals surface area contributed by atoms with Crippen LogP contribution in [0.3, 0.4) is 0 Å². The van der Waals surface area contributed by atoms with Crippen molar-refractivity contribution < 1.29 is 4.79 Å². The molecule has 0 radical (unpaired) electrons. The van der Waals surface area contributed by atoms with Crippen molar-refractivity contribution in [3.63, 3.8) is 0 Å². The fourth-order valence-electron chi connectivity index (χ4n) is 3.84. The van der Waals surface area contributed by atoms with Crippen LogP contribution in [0.25, 0.3) is 0 Å². The van der Waals surface area contributed by atoms with E-state index in [4.69, 9.17) is 0 Å². The molecule has 2 saturated heterocycles. The maximum absolute atomic E-state index is 12.7. The summed E-state index contributed by atoms with van der Waals surface area (Å²) in [6, 6.07) is 1.11. The van der Waals surface area contributed by atoms with Crippen LogP contribution in [0.4, 0.5) is 0 Å². The molecule has 0 aromatic rings. The number of nitrogens with one attached hydrogen (secondary N) is 1. The molecule has 0 bridgehead atoms. The highest BCUT2D eigenvalue weighted by molar-refractivity contribution is 5.81. The second-order valence-electron chi connectivity index (χ2n) is 7.03. The Hall–Kier alpha value is -0.610. The minimum Gasteiger partial charge on any atom is -0.341 e. The third-order valence-electron chi connectivity index (χ3n) is 5.61. The zero-order valence-electron chi connectivity index (χ0n) is 13.8. The average molecular weight is 281 g/mol. The molecule has 0 aliphatic carbocycles. The smallest absolute Gasteiger partial charge is 0.239 e. The zero-order chi connectivity index (χ0) is 14.9. The number of carbonyl (C=O) groups is 1. The predicted octanol–water partition coefficient (Wildman–Crippen LogP) is 1.85. The first-order chi connectivity index (χ1) is 9.38. The van der Waals surface area contributed by atoms with E-state index in [9.17, 15) is 4.79 Å². The van der Waals surface area contributed by atoms with Crippen molar-refractivity contribution in [1.29, 1.82) is 0 Å². The fourth-order valence-corrected chi connectivity index (χ4v) is 3.84. The lowest BCUT2D eigenvalue weighted by atomic mass is 9.89. The number of amides is 1. The normalized spacial score (nSPS) is 32.4. The van der Waals surface area contributed by atoms with Crippen LogP contribution in [0.1, 0.15) is 53.4 Å². The largest absolute Gasteiger partial charge is 0.341 e. The molecule has 0 aromatic carbocycles. The average Bonchev–Trinajstić information content (AvgIpc) is 2.77. The second kappa shape index (κ2) is 6.02. The summed E-state index contributed by atoms with van der Waals surface area (Å²) in [5.41, 5.74) is 0.203. The van der Waals surface area contributed by atoms with Crippen molar-refractivity contribution >= 4 is 5.91 Å². The van der Waals surface area contributed by atoms with Gasteiger partial charge in [0.15, 0.2) is 0 Å². The van der Waals surface area contributed by atoms with E-state index in [1.165, 1.54) is 12.8 Å². The topological polar surface area (TPSA) is 35.6 Å². The Morgan fingerprint density at radius 3 is 2.15 bits per heavy atom. The maximum atomic E-state index is 12.7. The summed E-state index contributed by atoms with van der Waals surface area (Å²) < 4.78 is 0. The Morgan fingerprint density at radius 1 is 1.20 bits per heavy atom. The monoisotopic (exact) mass is 281 g/mol. The van der Waals surface area contributed by atoms with Crippen LogP contribution in [-0.2, 0) is 4.79 Å². The number of hydrogen-bond acceptors (Lipinski definition) is 3. The van der Waals surface area contributed by atoms with Crippen LogP contribution < -0.4 is 5.32 Å². The summed E-state index contributed by atoms with van der Waals surface area (Å²) in [5.74, 6) is 0.323.